The Bertz CT molecular complexity index is 1120. The standard InChI is InChI=1S/C27H36ClN3O3/c1-5-6-7-8-9-10-15-34-26(33)14-11-19-16-24(25(32)18-21(19)27(2,3)4)31-29-22-13-12-20(28)17-23(22)30-31/h12-13,16-18,32H,5-11,14-15H2,1-4H3. The zero-order chi connectivity index (χ0) is 24.7. The van der Waals surface area contributed by atoms with Crippen LogP contribution < -0.4 is 0 Å². The Morgan fingerprint density at radius 2 is 1.74 bits per heavy atom. The Balaban J connectivity index is 1.72. The number of halogens is 1. The third-order valence-corrected chi connectivity index (χ3v) is 6.16. The molecule has 0 saturated carbocycles. The summed E-state index contributed by atoms with van der Waals surface area (Å²) in [6.45, 7) is 8.94. The van der Waals surface area contributed by atoms with E-state index in [1.807, 2.05) is 6.07 Å². The van der Waals surface area contributed by atoms with E-state index in [2.05, 4.69) is 37.9 Å². The van der Waals surface area contributed by atoms with E-state index in [1.165, 1.54) is 30.5 Å². The third-order valence-electron chi connectivity index (χ3n) is 5.93. The molecule has 2 aromatic carbocycles. The van der Waals surface area contributed by atoms with Crippen LogP contribution in [-0.4, -0.2) is 32.7 Å². The largest absolute Gasteiger partial charge is 0.506 e. The number of unbranched alkanes of at least 4 members (excludes halogenated alkanes) is 5. The molecule has 1 N–H and O–H groups in total. The molecule has 6 nitrogen and oxygen atoms in total. The van der Waals surface area contributed by atoms with Crippen LogP contribution in [0.25, 0.3) is 16.7 Å². The number of nitrogens with zero attached hydrogens (tertiary/aromatic N) is 3. The lowest BCUT2D eigenvalue weighted by Gasteiger charge is -2.24. The number of phenolic OH excluding ortho intramolecular Hbond substituents is 1. The Morgan fingerprint density at radius 1 is 1.03 bits per heavy atom. The first-order valence-corrected chi connectivity index (χ1v) is 12.6. The van der Waals surface area contributed by atoms with Crippen LogP contribution in [0.5, 0.6) is 5.75 Å². The van der Waals surface area contributed by atoms with E-state index in [-0.39, 0.29) is 23.6 Å². The van der Waals surface area contributed by atoms with Gasteiger partial charge in [-0.15, -0.1) is 15.0 Å². The molecule has 1 heterocycles. The quantitative estimate of drug-likeness (QED) is 0.236. The molecule has 0 unspecified atom stereocenters. The first-order valence-electron chi connectivity index (χ1n) is 12.2. The minimum atomic E-state index is -0.205. The van der Waals surface area contributed by atoms with Gasteiger partial charge in [0.05, 0.1) is 6.61 Å². The van der Waals surface area contributed by atoms with Gasteiger partial charge in [-0.1, -0.05) is 71.4 Å². The molecule has 0 atom stereocenters. The number of ether oxygens (including phenoxy) is 1. The molecule has 3 aromatic rings. The van der Waals surface area contributed by atoms with E-state index in [9.17, 15) is 9.90 Å². The number of phenols is 1. The van der Waals surface area contributed by atoms with Crippen molar-refractivity contribution in [1.29, 1.82) is 0 Å². The second kappa shape index (κ2) is 11.7. The summed E-state index contributed by atoms with van der Waals surface area (Å²) in [5.74, 6) is -0.105. The lowest BCUT2D eigenvalue weighted by Crippen LogP contribution is -2.16. The molecule has 0 amide bonds. The van der Waals surface area contributed by atoms with Gasteiger partial charge < -0.3 is 9.84 Å². The minimum absolute atomic E-state index is 0.0886. The normalized spacial score (nSPS) is 11.8. The monoisotopic (exact) mass is 485 g/mol. The van der Waals surface area contributed by atoms with E-state index in [1.54, 1.807) is 24.3 Å². The number of hydrogen-bond donors (Lipinski definition) is 1. The maximum absolute atomic E-state index is 12.4. The summed E-state index contributed by atoms with van der Waals surface area (Å²) in [5, 5.41) is 20.3. The molecule has 0 spiro atoms. The van der Waals surface area contributed by atoms with Crippen LogP contribution in [0.3, 0.4) is 0 Å². The molecule has 0 aliphatic heterocycles. The average molecular weight is 486 g/mol. The van der Waals surface area contributed by atoms with Gasteiger partial charge in [0.1, 0.15) is 22.5 Å². The predicted octanol–water partition coefficient (Wildman–Crippen LogP) is 6.91. The maximum Gasteiger partial charge on any atom is 0.306 e. The number of benzene rings is 2. The number of esters is 1. The number of aryl methyl sites for hydroxylation is 1. The molecule has 3 rings (SSSR count). The van der Waals surface area contributed by atoms with Crippen LogP contribution in [0.4, 0.5) is 0 Å². The second-order valence-corrected chi connectivity index (χ2v) is 10.3. The highest BCUT2D eigenvalue weighted by Crippen LogP contribution is 2.34. The molecule has 7 heteroatoms. The van der Waals surface area contributed by atoms with Gasteiger partial charge in [-0.05, 0) is 59.7 Å². The fourth-order valence-corrected chi connectivity index (χ4v) is 4.22. The summed E-state index contributed by atoms with van der Waals surface area (Å²) < 4.78 is 5.45. The molecule has 0 bridgehead atoms. The van der Waals surface area contributed by atoms with Gasteiger partial charge >= 0.3 is 5.97 Å². The van der Waals surface area contributed by atoms with E-state index < -0.39 is 0 Å². The smallest absolute Gasteiger partial charge is 0.306 e. The summed E-state index contributed by atoms with van der Waals surface area (Å²) in [6, 6.07) is 8.92. The van der Waals surface area contributed by atoms with E-state index in [0.29, 0.717) is 34.8 Å². The minimum Gasteiger partial charge on any atom is -0.506 e. The lowest BCUT2D eigenvalue weighted by molar-refractivity contribution is -0.143. The Kier molecular flexibility index (Phi) is 8.95. The van der Waals surface area contributed by atoms with Crippen LogP contribution in [0.1, 0.15) is 83.8 Å². The van der Waals surface area contributed by atoms with Crippen molar-refractivity contribution < 1.29 is 14.6 Å². The zero-order valence-electron chi connectivity index (χ0n) is 20.7. The SMILES string of the molecule is CCCCCCCCOC(=O)CCc1cc(-n2nc3ccc(Cl)cc3n2)c(O)cc1C(C)(C)C. The van der Waals surface area contributed by atoms with Gasteiger partial charge in [0, 0.05) is 11.4 Å². The van der Waals surface area contributed by atoms with Gasteiger partial charge in [-0.3, -0.25) is 4.79 Å². The number of aromatic nitrogens is 3. The van der Waals surface area contributed by atoms with Gasteiger partial charge in [-0.25, -0.2) is 0 Å². The molecular weight excluding hydrogens is 450 g/mol. The Hall–Kier alpha value is -2.60. The van der Waals surface area contributed by atoms with Gasteiger partial charge in [0.15, 0.2) is 0 Å². The molecule has 34 heavy (non-hydrogen) atoms. The third kappa shape index (κ3) is 6.95. The first kappa shape index (κ1) is 26.0. The molecule has 184 valence electrons. The second-order valence-electron chi connectivity index (χ2n) is 9.86. The molecular formula is C27H36ClN3O3. The summed E-state index contributed by atoms with van der Waals surface area (Å²) in [6.07, 6.45) is 7.74. The highest BCUT2D eigenvalue weighted by Gasteiger charge is 2.22. The summed E-state index contributed by atoms with van der Waals surface area (Å²) >= 11 is 6.08. The van der Waals surface area contributed by atoms with Gasteiger partial charge in [0.25, 0.3) is 0 Å². The van der Waals surface area contributed by atoms with E-state index >= 15 is 0 Å². The molecule has 0 fully saturated rings. The number of carbonyl (C=O) groups excluding carboxylic acids is 1. The van der Waals surface area contributed by atoms with Crippen LogP contribution in [-0.2, 0) is 21.4 Å². The van der Waals surface area contributed by atoms with Crippen molar-refractivity contribution in [2.75, 3.05) is 6.61 Å². The van der Waals surface area contributed by atoms with Crippen LogP contribution in [0.15, 0.2) is 30.3 Å². The molecule has 1 aromatic heterocycles. The highest BCUT2D eigenvalue weighted by molar-refractivity contribution is 6.31. The fraction of sp³-hybridized carbons (Fsp3) is 0.519. The van der Waals surface area contributed by atoms with Crippen molar-refractivity contribution >= 4 is 28.6 Å². The van der Waals surface area contributed by atoms with E-state index in [0.717, 1.165) is 24.0 Å². The van der Waals surface area contributed by atoms with Crippen LogP contribution >= 0.6 is 11.6 Å². The average Bonchev–Trinajstić information content (AvgIpc) is 3.19. The molecule has 0 saturated heterocycles. The Labute approximate surface area is 207 Å². The lowest BCUT2D eigenvalue weighted by atomic mass is 9.82. The fourth-order valence-electron chi connectivity index (χ4n) is 4.06. The number of aromatic hydroxyl groups is 1. The van der Waals surface area contributed by atoms with Crippen molar-refractivity contribution in [2.45, 2.75) is 84.5 Å². The summed E-state index contributed by atoms with van der Waals surface area (Å²) in [4.78, 5) is 13.8. The predicted molar refractivity (Wildman–Crippen MR) is 137 cm³/mol. The Morgan fingerprint density at radius 3 is 2.47 bits per heavy atom. The zero-order valence-corrected chi connectivity index (χ0v) is 21.5. The van der Waals surface area contributed by atoms with Gasteiger partial charge in [-0.2, -0.15) is 0 Å². The van der Waals surface area contributed by atoms with Crippen molar-refractivity contribution in [3.8, 4) is 11.4 Å². The number of fused-ring (bicyclic) bond motifs is 1. The molecule has 0 aliphatic rings. The summed E-state index contributed by atoms with van der Waals surface area (Å²) in [7, 11) is 0. The number of carbonyl (C=O) groups is 1. The number of hydrogen-bond acceptors (Lipinski definition) is 5. The first-order chi connectivity index (χ1) is 16.2. The van der Waals surface area contributed by atoms with Crippen LogP contribution in [0, 0.1) is 0 Å². The van der Waals surface area contributed by atoms with Crippen molar-refractivity contribution in [1.82, 2.24) is 15.0 Å². The van der Waals surface area contributed by atoms with Crippen molar-refractivity contribution in [3.63, 3.8) is 0 Å². The molecule has 0 aliphatic carbocycles. The molecule has 0 radical (unpaired) electrons. The van der Waals surface area contributed by atoms with E-state index in [4.69, 9.17) is 16.3 Å². The topological polar surface area (TPSA) is 77.2 Å². The number of rotatable bonds is 11. The highest BCUT2D eigenvalue weighted by atomic mass is 35.5. The maximum atomic E-state index is 12.4. The summed E-state index contributed by atoms with van der Waals surface area (Å²) in [5.41, 5.74) is 3.54. The van der Waals surface area contributed by atoms with Gasteiger partial charge in [0.2, 0.25) is 0 Å². The van der Waals surface area contributed by atoms with Crippen molar-refractivity contribution in [2.24, 2.45) is 0 Å². The van der Waals surface area contributed by atoms with Crippen LogP contribution in [0.2, 0.25) is 5.02 Å². The van der Waals surface area contributed by atoms with Crippen molar-refractivity contribution in [3.05, 3.63) is 46.5 Å².